The molecule has 0 aliphatic heterocycles. The van der Waals surface area contributed by atoms with Crippen molar-refractivity contribution < 1.29 is 14.3 Å². The smallest absolute Gasteiger partial charge is 0.373 e. The van der Waals surface area contributed by atoms with Gasteiger partial charge in [0.25, 0.3) is 0 Å². The first-order valence-electron chi connectivity index (χ1n) is 3.60. The second kappa shape index (κ2) is 4.25. The van der Waals surface area contributed by atoms with Gasteiger partial charge in [-0.25, -0.2) is 9.78 Å². The van der Waals surface area contributed by atoms with Crippen LogP contribution >= 0.6 is 0 Å². The molecule has 1 aromatic rings. The van der Waals surface area contributed by atoms with Gasteiger partial charge in [0.2, 0.25) is 11.6 Å². The van der Waals surface area contributed by atoms with Gasteiger partial charge in [-0.05, 0) is 12.6 Å². The largest absolute Gasteiger partial charge is 0.463 e. The summed E-state index contributed by atoms with van der Waals surface area (Å²) in [6, 6.07) is 5.11. The van der Waals surface area contributed by atoms with E-state index in [0.29, 0.717) is 5.88 Å². The highest BCUT2D eigenvalue weighted by Crippen LogP contribution is 2.07. The number of carbonyl (C=O) groups excluding carboxylic acids is 1. The molecule has 0 spiro atoms. The van der Waals surface area contributed by atoms with E-state index >= 15 is 0 Å². The van der Waals surface area contributed by atoms with Crippen molar-refractivity contribution in [3.05, 3.63) is 36.7 Å². The predicted octanol–water partition coefficient (Wildman–Crippen LogP) is 1.15. The van der Waals surface area contributed by atoms with Crippen LogP contribution in [0.5, 0.6) is 5.88 Å². The van der Waals surface area contributed by atoms with E-state index in [1.807, 2.05) is 0 Å². The minimum absolute atomic E-state index is 0.0822. The first-order chi connectivity index (χ1) is 6.24. The highest BCUT2D eigenvalue weighted by molar-refractivity contribution is 5.85. The summed E-state index contributed by atoms with van der Waals surface area (Å²) in [4.78, 5) is 14.7. The minimum atomic E-state index is -0.606. The Kier molecular flexibility index (Phi) is 3.03. The van der Waals surface area contributed by atoms with E-state index in [9.17, 15) is 4.79 Å². The van der Waals surface area contributed by atoms with Crippen molar-refractivity contribution in [1.82, 2.24) is 4.98 Å². The fraction of sp³-hybridized carbons (Fsp3) is 0.111. The summed E-state index contributed by atoms with van der Waals surface area (Å²) in [5.41, 5.74) is 0. The number of esters is 1. The van der Waals surface area contributed by atoms with E-state index in [0.717, 1.165) is 0 Å². The number of aromatic nitrogens is 1. The van der Waals surface area contributed by atoms with Crippen LogP contribution in [-0.4, -0.2) is 18.1 Å². The van der Waals surface area contributed by atoms with Crippen molar-refractivity contribution in [3.8, 4) is 5.88 Å². The van der Waals surface area contributed by atoms with Crippen LogP contribution in [0.4, 0.5) is 0 Å². The van der Waals surface area contributed by atoms with Crippen molar-refractivity contribution in [2.75, 3.05) is 7.11 Å². The molecule has 0 aliphatic carbocycles. The third kappa shape index (κ3) is 2.59. The molecule has 1 rings (SSSR count). The molecular weight excluding hydrogens is 170 g/mol. The van der Waals surface area contributed by atoms with Gasteiger partial charge in [0.05, 0.1) is 7.11 Å². The SMILES string of the molecule is C=C(Oc1ccccn1)C(=O)OC. The molecule has 0 radical (unpaired) electrons. The Bertz CT molecular complexity index is 308. The molecule has 0 atom stereocenters. The van der Waals surface area contributed by atoms with E-state index in [-0.39, 0.29) is 5.76 Å². The van der Waals surface area contributed by atoms with Crippen molar-refractivity contribution in [2.45, 2.75) is 0 Å². The van der Waals surface area contributed by atoms with Gasteiger partial charge < -0.3 is 9.47 Å². The Hall–Kier alpha value is -1.84. The number of nitrogens with zero attached hydrogens (tertiary/aromatic N) is 1. The Labute approximate surface area is 75.8 Å². The van der Waals surface area contributed by atoms with Crippen molar-refractivity contribution in [3.63, 3.8) is 0 Å². The topological polar surface area (TPSA) is 48.4 Å². The fourth-order valence-corrected chi connectivity index (χ4v) is 0.689. The second-order valence-electron chi connectivity index (χ2n) is 2.18. The third-order valence-corrected chi connectivity index (χ3v) is 1.28. The Morgan fingerprint density at radius 3 is 2.85 bits per heavy atom. The molecule has 13 heavy (non-hydrogen) atoms. The van der Waals surface area contributed by atoms with Gasteiger partial charge in [-0.15, -0.1) is 0 Å². The van der Waals surface area contributed by atoms with Gasteiger partial charge in [-0.3, -0.25) is 0 Å². The van der Waals surface area contributed by atoms with E-state index < -0.39 is 5.97 Å². The molecule has 0 N–H and O–H groups in total. The highest BCUT2D eigenvalue weighted by atomic mass is 16.6. The predicted molar refractivity (Wildman–Crippen MR) is 46.0 cm³/mol. The number of rotatable bonds is 3. The fourth-order valence-electron chi connectivity index (χ4n) is 0.689. The first kappa shape index (κ1) is 9.25. The minimum Gasteiger partial charge on any atom is -0.463 e. The highest BCUT2D eigenvalue weighted by Gasteiger charge is 2.08. The Balaban J connectivity index is 2.60. The van der Waals surface area contributed by atoms with Crippen LogP contribution in [0.15, 0.2) is 36.7 Å². The van der Waals surface area contributed by atoms with Gasteiger partial charge in [-0.1, -0.05) is 6.07 Å². The number of methoxy groups -OCH3 is 1. The molecule has 0 aliphatic rings. The summed E-state index contributed by atoms with van der Waals surface area (Å²) in [5.74, 6) is -0.371. The molecule has 0 saturated carbocycles. The second-order valence-corrected chi connectivity index (χ2v) is 2.18. The van der Waals surface area contributed by atoms with Crippen LogP contribution in [0.2, 0.25) is 0 Å². The summed E-state index contributed by atoms with van der Waals surface area (Å²) in [6.07, 6.45) is 1.56. The standard InChI is InChI=1S/C9H9NO3/c1-7(9(11)12-2)13-8-5-3-4-6-10-8/h3-6H,1H2,2H3. The number of ether oxygens (including phenoxy) is 2. The van der Waals surface area contributed by atoms with Gasteiger partial charge in [-0.2, -0.15) is 0 Å². The Morgan fingerprint density at radius 1 is 1.54 bits per heavy atom. The molecule has 0 saturated heterocycles. The van der Waals surface area contributed by atoms with E-state index in [1.54, 1.807) is 24.4 Å². The molecule has 1 heterocycles. The summed E-state index contributed by atoms with van der Waals surface area (Å²) >= 11 is 0. The molecule has 0 unspecified atom stereocenters. The van der Waals surface area contributed by atoms with E-state index in [1.165, 1.54) is 7.11 Å². The zero-order valence-corrected chi connectivity index (χ0v) is 7.19. The monoisotopic (exact) mass is 179 g/mol. The van der Waals surface area contributed by atoms with Gasteiger partial charge >= 0.3 is 5.97 Å². The number of hydrogen-bond donors (Lipinski definition) is 0. The van der Waals surface area contributed by atoms with Crippen LogP contribution < -0.4 is 4.74 Å². The lowest BCUT2D eigenvalue weighted by atomic mass is 10.5. The van der Waals surface area contributed by atoms with Gasteiger partial charge in [0.1, 0.15) is 0 Å². The number of carbonyl (C=O) groups is 1. The normalized spacial score (nSPS) is 9.00. The maximum Gasteiger partial charge on any atom is 0.373 e. The maximum absolute atomic E-state index is 10.8. The molecule has 0 amide bonds. The number of pyridine rings is 1. The lowest BCUT2D eigenvalue weighted by molar-refractivity contribution is -0.138. The molecular formula is C9H9NO3. The molecule has 0 bridgehead atoms. The van der Waals surface area contributed by atoms with E-state index in [4.69, 9.17) is 4.74 Å². The molecule has 4 heteroatoms. The van der Waals surface area contributed by atoms with Crippen LogP contribution in [-0.2, 0) is 9.53 Å². The van der Waals surface area contributed by atoms with Gasteiger partial charge in [0.15, 0.2) is 0 Å². The zero-order chi connectivity index (χ0) is 9.68. The molecule has 4 nitrogen and oxygen atoms in total. The van der Waals surface area contributed by atoms with Crippen LogP contribution in [0.25, 0.3) is 0 Å². The number of hydrogen-bond acceptors (Lipinski definition) is 4. The Morgan fingerprint density at radius 2 is 2.31 bits per heavy atom. The zero-order valence-electron chi connectivity index (χ0n) is 7.19. The van der Waals surface area contributed by atoms with Crippen LogP contribution in [0.1, 0.15) is 0 Å². The lowest BCUT2D eigenvalue weighted by Crippen LogP contribution is -2.09. The maximum atomic E-state index is 10.8. The van der Waals surface area contributed by atoms with Crippen LogP contribution in [0.3, 0.4) is 0 Å². The van der Waals surface area contributed by atoms with E-state index in [2.05, 4.69) is 16.3 Å². The summed E-state index contributed by atoms with van der Waals surface area (Å²) in [6.45, 7) is 3.38. The molecule has 0 aromatic carbocycles. The molecule has 0 fully saturated rings. The van der Waals surface area contributed by atoms with Crippen LogP contribution in [0, 0.1) is 0 Å². The first-order valence-corrected chi connectivity index (χ1v) is 3.60. The average molecular weight is 179 g/mol. The van der Waals surface area contributed by atoms with Gasteiger partial charge in [0, 0.05) is 12.3 Å². The van der Waals surface area contributed by atoms with Crippen molar-refractivity contribution in [1.29, 1.82) is 0 Å². The summed E-state index contributed by atoms with van der Waals surface area (Å²) in [5, 5.41) is 0. The molecule has 1 aromatic heterocycles. The lowest BCUT2D eigenvalue weighted by Gasteiger charge is -2.04. The summed E-state index contributed by atoms with van der Waals surface area (Å²) < 4.78 is 9.38. The molecule has 68 valence electrons. The van der Waals surface area contributed by atoms with Crippen molar-refractivity contribution >= 4 is 5.97 Å². The summed E-state index contributed by atoms with van der Waals surface area (Å²) in [7, 11) is 1.26. The third-order valence-electron chi connectivity index (χ3n) is 1.28. The van der Waals surface area contributed by atoms with Crippen molar-refractivity contribution in [2.24, 2.45) is 0 Å². The quantitative estimate of drug-likeness (QED) is 0.396. The average Bonchev–Trinajstić information content (AvgIpc) is 2.18.